The normalized spacial score (nSPS) is 12.5. The first-order chi connectivity index (χ1) is 31.7. The van der Waals surface area contributed by atoms with Gasteiger partial charge in [0.15, 0.2) is 0 Å². The molecule has 1 aliphatic carbocycles. The van der Waals surface area contributed by atoms with E-state index in [-0.39, 0.29) is 0 Å². The standard InChI is InChI=1S/C63H43N/c1-5-17-45(18-6-1)56-40-38-54(43-59(56)46-19-7-2-8-20-46)64(53-37-33-48-30-29-47-21-13-14-26-55(47)60(48)42-53)52-35-31-44(32-36-52)49-34-39-58-57-27-15-16-28-61(57)63(62(58)41-49,50-22-9-3-10-23-50)51-24-11-4-12-25-51/h1-43H. The molecule has 1 nitrogen and oxygen atoms in total. The summed E-state index contributed by atoms with van der Waals surface area (Å²) in [6.07, 6.45) is 0. The van der Waals surface area contributed by atoms with Gasteiger partial charge in [0.25, 0.3) is 0 Å². The van der Waals surface area contributed by atoms with Crippen molar-refractivity contribution in [3.05, 3.63) is 283 Å². The fraction of sp³-hybridized carbons (Fsp3) is 0.0159. The molecule has 1 heteroatoms. The molecule has 0 fully saturated rings. The van der Waals surface area contributed by atoms with Gasteiger partial charge in [0.05, 0.1) is 5.41 Å². The first-order valence-corrected chi connectivity index (χ1v) is 22.2. The largest absolute Gasteiger partial charge is 0.310 e. The first-order valence-electron chi connectivity index (χ1n) is 22.2. The van der Waals surface area contributed by atoms with E-state index in [9.17, 15) is 0 Å². The van der Waals surface area contributed by atoms with Crippen LogP contribution in [0.2, 0.25) is 0 Å². The summed E-state index contributed by atoms with van der Waals surface area (Å²) in [7, 11) is 0. The highest BCUT2D eigenvalue weighted by Gasteiger charge is 2.46. The van der Waals surface area contributed by atoms with Crippen LogP contribution in [0.4, 0.5) is 17.1 Å². The fourth-order valence-electron chi connectivity index (χ4n) is 10.4. The van der Waals surface area contributed by atoms with E-state index in [0.717, 1.165) is 17.1 Å². The fourth-order valence-corrected chi connectivity index (χ4v) is 10.4. The van der Waals surface area contributed by atoms with Crippen LogP contribution >= 0.6 is 0 Å². The van der Waals surface area contributed by atoms with Crippen molar-refractivity contribution < 1.29 is 0 Å². The summed E-state index contributed by atoms with van der Waals surface area (Å²) in [5.41, 5.74) is 17.7. The Morgan fingerprint density at radius 1 is 0.250 bits per heavy atom. The van der Waals surface area contributed by atoms with Gasteiger partial charge in [-0.05, 0) is 131 Å². The van der Waals surface area contributed by atoms with Crippen LogP contribution in [0.25, 0.3) is 66.1 Å². The Balaban J connectivity index is 1.02. The predicted molar refractivity (Wildman–Crippen MR) is 270 cm³/mol. The molecule has 0 bridgehead atoms. The van der Waals surface area contributed by atoms with E-state index >= 15 is 0 Å². The van der Waals surface area contributed by atoms with Crippen LogP contribution in [0, 0.1) is 0 Å². The Morgan fingerprint density at radius 2 is 0.734 bits per heavy atom. The van der Waals surface area contributed by atoms with Crippen molar-refractivity contribution in [2.45, 2.75) is 5.41 Å². The average Bonchev–Trinajstić information content (AvgIpc) is 3.68. The summed E-state index contributed by atoms with van der Waals surface area (Å²) in [5, 5.41) is 4.95. The van der Waals surface area contributed by atoms with Gasteiger partial charge in [0.2, 0.25) is 0 Å². The van der Waals surface area contributed by atoms with E-state index in [2.05, 4.69) is 266 Å². The van der Waals surface area contributed by atoms with E-state index in [1.54, 1.807) is 0 Å². The van der Waals surface area contributed by atoms with Crippen LogP contribution in [0.1, 0.15) is 22.3 Å². The lowest BCUT2D eigenvalue weighted by Crippen LogP contribution is -2.28. The molecule has 0 saturated carbocycles. The molecule has 0 atom stereocenters. The lowest BCUT2D eigenvalue weighted by atomic mass is 9.67. The van der Waals surface area contributed by atoms with Gasteiger partial charge in [-0.2, -0.15) is 0 Å². The van der Waals surface area contributed by atoms with Crippen molar-refractivity contribution >= 4 is 38.6 Å². The van der Waals surface area contributed by atoms with Crippen molar-refractivity contribution in [3.63, 3.8) is 0 Å². The third-order valence-corrected chi connectivity index (χ3v) is 13.3. The molecule has 11 aromatic carbocycles. The topological polar surface area (TPSA) is 3.24 Å². The number of rotatable bonds is 8. The van der Waals surface area contributed by atoms with Gasteiger partial charge in [0.1, 0.15) is 0 Å². The van der Waals surface area contributed by atoms with Crippen LogP contribution in [-0.2, 0) is 5.41 Å². The molecule has 0 heterocycles. The summed E-state index contributed by atoms with van der Waals surface area (Å²) < 4.78 is 0. The summed E-state index contributed by atoms with van der Waals surface area (Å²) in [6, 6.07) is 95.8. The molecule has 64 heavy (non-hydrogen) atoms. The maximum atomic E-state index is 2.45. The highest BCUT2D eigenvalue weighted by molar-refractivity contribution is 6.09. The Kier molecular flexibility index (Phi) is 9.13. The summed E-state index contributed by atoms with van der Waals surface area (Å²) in [5.74, 6) is 0. The van der Waals surface area contributed by atoms with Crippen LogP contribution in [0.5, 0.6) is 0 Å². The Morgan fingerprint density at radius 3 is 1.44 bits per heavy atom. The maximum Gasteiger partial charge on any atom is 0.0713 e. The quantitative estimate of drug-likeness (QED) is 0.138. The Labute approximate surface area is 374 Å². The van der Waals surface area contributed by atoms with Crippen molar-refractivity contribution in [3.8, 4) is 44.5 Å². The van der Waals surface area contributed by atoms with Gasteiger partial charge in [-0.25, -0.2) is 0 Å². The average molecular weight is 814 g/mol. The molecule has 0 aromatic heterocycles. The number of benzene rings is 11. The van der Waals surface area contributed by atoms with Gasteiger partial charge in [-0.1, -0.05) is 218 Å². The Hall–Kier alpha value is -8.26. The van der Waals surface area contributed by atoms with Crippen molar-refractivity contribution in [2.75, 3.05) is 4.90 Å². The summed E-state index contributed by atoms with van der Waals surface area (Å²) in [4.78, 5) is 2.42. The molecule has 12 rings (SSSR count). The van der Waals surface area contributed by atoms with Crippen molar-refractivity contribution in [2.24, 2.45) is 0 Å². The SMILES string of the molecule is c1ccc(-c2ccc(N(c3ccc(-c4ccc5c(c4)C(c4ccccc4)(c4ccccc4)c4ccccc4-5)cc3)c3ccc4ccc5ccccc5c4c3)cc2-c2ccccc2)cc1. The van der Waals surface area contributed by atoms with Crippen LogP contribution in [0.3, 0.4) is 0 Å². The van der Waals surface area contributed by atoms with E-state index < -0.39 is 5.41 Å². The third-order valence-electron chi connectivity index (χ3n) is 13.3. The van der Waals surface area contributed by atoms with Gasteiger partial charge in [-0.15, -0.1) is 0 Å². The van der Waals surface area contributed by atoms with Crippen LogP contribution in [0.15, 0.2) is 261 Å². The van der Waals surface area contributed by atoms with E-state index in [1.807, 2.05) is 0 Å². The third kappa shape index (κ3) is 6.16. The minimum absolute atomic E-state index is 0.455. The summed E-state index contributed by atoms with van der Waals surface area (Å²) >= 11 is 0. The van der Waals surface area contributed by atoms with Gasteiger partial charge in [-0.3, -0.25) is 0 Å². The number of hydrogen-bond donors (Lipinski definition) is 0. The van der Waals surface area contributed by atoms with Gasteiger partial charge >= 0.3 is 0 Å². The zero-order valence-corrected chi connectivity index (χ0v) is 35.3. The molecule has 0 unspecified atom stereocenters. The molecular formula is C63H43N. The molecule has 1 aliphatic rings. The second-order valence-corrected chi connectivity index (χ2v) is 16.8. The predicted octanol–water partition coefficient (Wildman–Crippen LogP) is 16.8. The number of anilines is 3. The van der Waals surface area contributed by atoms with Crippen LogP contribution in [-0.4, -0.2) is 0 Å². The second kappa shape index (κ2) is 15.6. The highest BCUT2D eigenvalue weighted by atomic mass is 15.1. The number of fused-ring (bicyclic) bond motifs is 6. The van der Waals surface area contributed by atoms with E-state index in [1.165, 1.54) is 88.3 Å². The minimum atomic E-state index is -0.455. The van der Waals surface area contributed by atoms with Crippen molar-refractivity contribution in [1.29, 1.82) is 0 Å². The van der Waals surface area contributed by atoms with Gasteiger partial charge < -0.3 is 4.90 Å². The number of hydrogen-bond acceptors (Lipinski definition) is 1. The summed E-state index contributed by atoms with van der Waals surface area (Å²) in [6.45, 7) is 0. The number of nitrogens with zero attached hydrogens (tertiary/aromatic N) is 1. The highest BCUT2D eigenvalue weighted by Crippen LogP contribution is 2.56. The second-order valence-electron chi connectivity index (χ2n) is 16.8. The van der Waals surface area contributed by atoms with Crippen LogP contribution < -0.4 is 4.90 Å². The lowest BCUT2D eigenvalue weighted by molar-refractivity contribution is 0.769. The molecule has 0 aliphatic heterocycles. The molecule has 0 N–H and O–H groups in total. The Bertz CT molecular complexity index is 3430. The minimum Gasteiger partial charge on any atom is -0.310 e. The zero-order valence-electron chi connectivity index (χ0n) is 35.3. The molecule has 0 spiro atoms. The van der Waals surface area contributed by atoms with E-state index in [4.69, 9.17) is 0 Å². The molecule has 300 valence electrons. The molecule has 0 radical (unpaired) electrons. The molecular weight excluding hydrogens is 771 g/mol. The first kappa shape index (κ1) is 37.5. The maximum absolute atomic E-state index is 2.45. The molecule has 0 amide bonds. The van der Waals surface area contributed by atoms with E-state index in [0.29, 0.717) is 0 Å². The molecule has 11 aromatic rings. The lowest BCUT2D eigenvalue weighted by Gasteiger charge is -2.34. The zero-order chi connectivity index (χ0) is 42.5. The van der Waals surface area contributed by atoms with Crippen molar-refractivity contribution in [1.82, 2.24) is 0 Å². The van der Waals surface area contributed by atoms with Gasteiger partial charge in [0, 0.05) is 17.1 Å². The molecule has 0 saturated heterocycles. The smallest absolute Gasteiger partial charge is 0.0713 e. The monoisotopic (exact) mass is 813 g/mol.